The molecule has 1 fully saturated rings. The van der Waals surface area contributed by atoms with E-state index < -0.39 is 37.2 Å². The minimum Gasteiger partial charge on any atom is -0.381 e. The lowest BCUT2D eigenvalue weighted by molar-refractivity contribution is -0.127. The maximum Gasteiger partial charge on any atom is 0.270 e. The number of fused-ring (bicyclic) bond motifs is 2. The van der Waals surface area contributed by atoms with Crippen LogP contribution in [0.2, 0.25) is 25.7 Å². The van der Waals surface area contributed by atoms with Gasteiger partial charge in [0, 0.05) is 58.5 Å². The van der Waals surface area contributed by atoms with Gasteiger partial charge in [0.15, 0.2) is 0 Å². The molecule has 13 heteroatoms. The van der Waals surface area contributed by atoms with Crippen LogP contribution in [0.1, 0.15) is 53.0 Å². The van der Waals surface area contributed by atoms with E-state index in [0.717, 1.165) is 11.6 Å². The smallest absolute Gasteiger partial charge is 0.270 e. The molecule has 2 aromatic heterocycles. The second-order valence-electron chi connectivity index (χ2n) is 12.8. The molecule has 45 heavy (non-hydrogen) atoms. The summed E-state index contributed by atoms with van der Waals surface area (Å²) in [6.45, 7) is 12.3. The van der Waals surface area contributed by atoms with Gasteiger partial charge >= 0.3 is 0 Å². The number of aryl methyl sites for hydroxylation is 2. The molecule has 4 heterocycles. The minimum atomic E-state index is -1.33. The highest BCUT2D eigenvalue weighted by Gasteiger charge is 2.52. The van der Waals surface area contributed by atoms with Gasteiger partial charge in [-0.3, -0.25) is 24.0 Å². The summed E-state index contributed by atoms with van der Waals surface area (Å²) in [6.07, 6.45) is 4.22. The van der Waals surface area contributed by atoms with E-state index in [0.29, 0.717) is 56.0 Å². The summed E-state index contributed by atoms with van der Waals surface area (Å²) in [5.41, 5.74) is 1.68. The molecule has 5 rings (SSSR count). The number of anilines is 2. The number of ether oxygens (including phenoxy) is 2. The third kappa shape index (κ3) is 6.85. The Morgan fingerprint density at radius 3 is 2.62 bits per heavy atom. The number of benzene rings is 1. The van der Waals surface area contributed by atoms with Crippen molar-refractivity contribution >= 4 is 37.3 Å². The molecule has 1 unspecified atom stereocenters. The van der Waals surface area contributed by atoms with E-state index in [2.05, 4.69) is 40.4 Å². The van der Waals surface area contributed by atoms with Gasteiger partial charge in [0.2, 0.25) is 5.91 Å². The first kappa shape index (κ1) is 32.5. The first-order valence-electron chi connectivity index (χ1n) is 15.3. The predicted molar refractivity (Wildman–Crippen MR) is 170 cm³/mol. The molecule has 1 atom stereocenters. The van der Waals surface area contributed by atoms with Crippen molar-refractivity contribution in [1.29, 1.82) is 0 Å². The van der Waals surface area contributed by atoms with Crippen molar-refractivity contribution < 1.29 is 28.2 Å². The van der Waals surface area contributed by atoms with Crippen molar-refractivity contribution in [3.05, 3.63) is 70.9 Å². The predicted octanol–water partition coefficient (Wildman–Crippen LogP) is 4.56. The summed E-state index contributed by atoms with van der Waals surface area (Å²) >= 11 is 0. The number of carbonyl (C=O) groups excluding carboxylic acids is 3. The van der Waals surface area contributed by atoms with E-state index in [1.54, 1.807) is 30.2 Å². The number of rotatable bonds is 11. The Kier molecular flexibility index (Phi) is 9.51. The molecule has 0 saturated carbocycles. The highest BCUT2D eigenvalue weighted by Crippen LogP contribution is 2.48. The molecule has 2 aliphatic rings. The van der Waals surface area contributed by atoms with Crippen LogP contribution in [0.15, 0.2) is 42.7 Å². The summed E-state index contributed by atoms with van der Waals surface area (Å²) in [5, 5.41) is 9.74. The van der Waals surface area contributed by atoms with Gasteiger partial charge in [-0.1, -0.05) is 31.8 Å². The zero-order chi connectivity index (χ0) is 32.4. The van der Waals surface area contributed by atoms with Gasteiger partial charge in [-0.2, -0.15) is 5.10 Å². The van der Waals surface area contributed by atoms with Crippen LogP contribution in [0, 0.1) is 12.7 Å². The number of hydrogen-bond acceptors (Lipinski definition) is 7. The van der Waals surface area contributed by atoms with E-state index in [-0.39, 0.29) is 24.1 Å². The molecule has 3 aromatic rings. The molecule has 0 aliphatic carbocycles. The number of pyridine rings is 1. The third-order valence-corrected chi connectivity index (χ3v) is 10.2. The number of carbonyl (C=O) groups is 3. The van der Waals surface area contributed by atoms with Crippen molar-refractivity contribution in [3.8, 4) is 0 Å². The molecular formula is C32H41FN6O5Si. The maximum atomic E-state index is 14.2. The summed E-state index contributed by atoms with van der Waals surface area (Å²) < 4.78 is 27.3. The van der Waals surface area contributed by atoms with Gasteiger partial charge in [0.05, 0.1) is 11.1 Å². The number of amides is 3. The number of nitrogens with one attached hydrogen (secondary N) is 2. The van der Waals surface area contributed by atoms with Crippen molar-refractivity contribution in [2.24, 2.45) is 0 Å². The Bertz CT molecular complexity index is 1580. The van der Waals surface area contributed by atoms with Gasteiger partial charge in [-0.05, 0) is 56.0 Å². The van der Waals surface area contributed by atoms with Crippen molar-refractivity contribution in [2.75, 3.05) is 36.8 Å². The highest BCUT2D eigenvalue weighted by molar-refractivity contribution is 6.76. The number of hydrogen-bond donors (Lipinski definition) is 2. The average Bonchev–Trinajstić information content (AvgIpc) is 3.57. The standard InChI is InChI=1S/C32H41FN6O5Si/c1-6-39-25(9-12-35-39)29(40)37-28(22-7-8-24(33)21(2)17-22)30(41)36-27-18-26-23(19-34-27)32(10-13-43-14-11-32)31(42)38(26)20-44-15-16-45(3,4)5/h7-9,12,17-19,28H,6,10-11,13-16,20H2,1-5H3,(H,37,40)(H,34,36,41). The summed E-state index contributed by atoms with van der Waals surface area (Å²) in [7, 11) is -1.33. The van der Waals surface area contributed by atoms with Crippen LogP contribution in [0.4, 0.5) is 15.9 Å². The molecule has 3 amide bonds. The highest BCUT2D eigenvalue weighted by atomic mass is 28.3. The van der Waals surface area contributed by atoms with Crippen LogP contribution in [0.3, 0.4) is 0 Å². The first-order valence-corrected chi connectivity index (χ1v) is 19.0. The maximum absolute atomic E-state index is 14.2. The van der Waals surface area contributed by atoms with Gasteiger partial charge < -0.3 is 20.1 Å². The first-order chi connectivity index (χ1) is 21.4. The van der Waals surface area contributed by atoms with Crippen LogP contribution in [-0.2, 0) is 31.0 Å². The summed E-state index contributed by atoms with van der Waals surface area (Å²) in [5.74, 6) is -1.36. The molecule has 240 valence electrons. The third-order valence-electron chi connectivity index (χ3n) is 8.46. The van der Waals surface area contributed by atoms with E-state index in [1.165, 1.54) is 29.1 Å². The van der Waals surface area contributed by atoms with Crippen LogP contribution in [0.5, 0.6) is 0 Å². The molecule has 2 N–H and O–H groups in total. The Balaban J connectivity index is 1.43. The average molecular weight is 637 g/mol. The number of nitrogens with zero attached hydrogens (tertiary/aromatic N) is 4. The second-order valence-corrected chi connectivity index (χ2v) is 18.4. The molecule has 1 aromatic carbocycles. The number of halogens is 1. The van der Waals surface area contributed by atoms with Gasteiger partial charge in [-0.25, -0.2) is 9.37 Å². The fraction of sp³-hybridized carbons (Fsp3) is 0.469. The van der Waals surface area contributed by atoms with Crippen LogP contribution < -0.4 is 15.5 Å². The molecule has 1 saturated heterocycles. The minimum absolute atomic E-state index is 0.0569. The second kappa shape index (κ2) is 13.2. The lowest BCUT2D eigenvalue weighted by Gasteiger charge is -2.32. The summed E-state index contributed by atoms with van der Waals surface area (Å²) in [6, 6.07) is 7.30. The Morgan fingerprint density at radius 2 is 1.93 bits per heavy atom. The SMILES string of the molecule is CCn1nccc1C(=O)NC(C(=O)Nc1cc2c(cn1)C1(CCOCC1)C(=O)N2COCC[Si](C)(C)C)c1ccc(F)c(C)c1. The zero-order valence-corrected chi connectivity index (χ0v) is 27.5. The van der Waals surface area contributed by atoms with Crippen LogP contribution in [-0.4, -0.2) is 67.1 Å². The molecular weight excluding hydrogens is 595 g/mol. The molecule has 2 aliphatic heterocycles. The monoisotopic (exact) mass is 636 g/mol. The Labute approximate surface area is 263 Å². The lowest BCUT2D eigenvalue weighted by atomic mass is 9.76. The molecule has 0 radical (unpaired) electrons. The Hall–Kier alpha value is -3.94. The van der Waals surface area contributed by atoms with Gasteiger partial charge in [0.1, 0.15) is 30.1 Å². The fourth-order valence-corrected chi connectivity index (χ4v) is 6.54. The van der Waals surface area contributed by atoms with Crippen LogP contribution >= 0.6 is 0 Å². The van der Waals surface area contributed by atoms with Gasteiger partial charge in [0.25, 0.3) is 11.8 Å². The fourth-order valence-electron chi connectivity index (χ4n) is 5.78. The zero-order valence-electron chi connectivity index (χ0n) is 26.5. The normalized spacial score (nSPS) is 16.5. The topological polar surface area (TPSA) is 128 Å². The van der Waals surface area contributed by atoms with E-state index in [1.807, 2.05) is 6.92 Å². The van der Waals surface area contributed by atoms with Crippen molar-refractivity contribution in [3.63, 3.8) is 0 Å². The van der Waals surface area contributed by atoms with Crippen molar-refractivity contribution in [2.45, 2.75) is 70.4 Å². The molecule has 11 nitrogen and oxygen atoms in total. The van der Waals surface area contributed by atoms with Gasteiger partial charge in [-0.15, -0.1) is 0 Å². The molecule has 1 spiro atoms. The van der Waals surface area contributed by atoms with E-state index >= 15 is 0 Å². The van der Waals surface area contributed by atoms with Crippen LogP contribution in [0.25, 0.3) is 0 Å². The summed E-state index contributed by atoms with van der Waals surface area (Å²) in [4.78, 5) is 47.1. The largest absolute Gasteiger partial charge is 0.381 e. The molecule has 0 bridgehead atoms. The van der Waals surface area contributed by atoms with E-state index in [9.17, 15) is 18.8 Å². The Morgan fingerprint density at radius 1 is 1.18 bits per heavy atom. The van der Waals surface area contributed by atoms with E-state index in [4.69, 9.17) is 9.47 Å². The van der Waals surface area contributed by atoms with Crippen molar-refractivity contribution in [1.82, 2.24) is 20.1 Å². The lowest BCUT2D eigenvalue weighted by Crippen LogP contribution is -2.44. The number of aromatic nitrogens is 3. The quantitative estimate of drug-likeness (QED) is 0.233.